The van der Waals surface area contributed by atoms with Gasteiger partial charge < -0.3 is 10.8 Å². The van der Waals surface area contributed by atoms with Crippen LogP contribution in [0.5, 0.6) is 0 Å². The first-order valence-electron chi connectivity index (χ1n) is 7.10. The van der Waals surface area contributed by atoms with Crippen molar-refractivity contribution in [3.05, 3.63) is 0 Å². The first kappa shape index (κ1) is 13.3. The number of aliphatic hydroxyl groups is 1. The topological polar surface area (TPSA) is 49.5 Å². The van der Waals surface area contributed by atoms with Crippen molar-refractivity contribution in [2.45, 2.75) is 51.6 Å². The Kier molecular flexibility index (Phi) is 3.81. The van der Waals surface area contributed by atoms with E-state index in [1.807, 2.05) is 0 Å². The summed E-state index contributed by atoms with van der Waals surface area (Å²) in [6.45, 7) is 9.09. The van der Waals surface area contributed by atoms with Gasteiger partial charge in [-0.1, -0.05) is 13.8 Å². The molecule has 0 bridgehead atoms. The van der Waals surface area contributed by atoms with E-state index in [1.165, 1.54) is 19.3 Å². The molecule has 0 aromatic carbocycles. The molecule has 3 N–H and O–H groups in total. The molecule has 3 heteroatoms. The molecule has 0 amide bonds. The van der Waals surface area contributed by atoms with Gasteiger partial charge in [-0.2, -0.15) is 0 Å². The van der Waals surface area contributed by atoms with Gasteiger partial charge in [0.2, 0.25) is 0 Å². The SMILES string of the molecule is CC1CC(C)C(C)N(CC(N)(CO)C2CC2)C1. The van der Waals surface area contributed by atoms with Crippen LogP contribution < -0.4 is 5.73 Å². The van der Waals surface area contributed by atoms with Crippen LogP contribution in [0.3, 0.4) is 0 Å². The number of likely N-dealkylation sites (tertiary alicyclic amines) is 1. The van der Waals surface area contributed by atoms with Gasteiger partial charge in [0.05, 0.1) is 12.1 Å². The molecule has 4 unspecified atom stereocenters. The lowest BCUT2D eigenvalue weighted by Gasteiger charge is -2.45. The smallest absolute Gasteiger partial charge is 0.0626 e. The summed E-state index contributed by atoms with van der Waals surface area (Å²) < 4.78 is 0. The first-order chi connectivity index (χ1) is 7.96. The van der Waals surface area contributed by atoms with Crippen LogP contribution in [0.4, 0.5) is 0 Å². The van der Waals surface area contributed by atoms with Crippen LogP contribution in [0.15, 0.2) is 0 Å². The fourth-order valence-corrected chi connectivity index (χ4v) is 3.39. The molecule has 1 aliphatic carbocycles. The van der Waals surface area contributed by atoms with Gasteiger partial charge >= 0.3 is 0 Å². The largest absolute Gasteiger partial charge is 0.394 e. The second-order valence-corrected chi connectivity index (χ2v) is 6.65. The third kappa shape index (κ3) is 2.83. The second kappa shape index (κ2) is 4.87. The molecule has 0 spiro atoms. The molecule has 2 aliphatic rings. The highest BCUT2D eigenvalue weighted by molar-refractivity contribution is 5.01. The molecule has 2 fully saturated rings. The van der Waals surface area contributed by atoms with Crippen molar-refractivity contribution < 1.29 is 5.11 Å². The molecule has 0 radical (unpaired) electrons. The normalized spacial score (nSPS) is 39.0. The van der Waals surface area contributed by atoms with Crippen molar-refractivity contribution in [2.24, 2.45) is 23.5 Å². The van der Waals surface area contributed by atoms with Gasteiger partial charge in [0.1, 0.15) is 0 Å². The highest BCUT2D eigenvalue weighted by atomic mass is 16.3. The van der Waals surface area contributed by atoms with Crippen LogP contribution in [-0.2, 0) is 0 Å². The van der Waals surface area contributed by atoms with E-state index in [4.69, 9.17) is 5.73 Å². The quantitative estimate of drug-likeness (QED) is 0.782. The van der Waals surface area contributed by atoms with Gasteiger partial charge in [0.25, 0.3) is 0 Å². The summed E-state index contributed by atoms with van der Waals surface area (Å²) in [5.41, 5.74) is 6.04. The minimum absolute atomic E-state index is 0.129. The maximum atomic E-state index is 9.59. The van der Waals surface area contributed by atoms with E-state index in [9.17, 15) is 5.11 Å². The van der Waals surface area contributed by atoms with Gasteiger partial charge in [-0.3, -0.25) is 4.90 Å². The lowest BCUT2D eigenvalue weighted by Crippen LogP contribution is -2.59. The molecular formula is C14H28N2O. The highest BCUT2D eigenvalue weighted by Crippen LogP contribution is 2.39. The summed E-state index contributed by atoms with van der Waals surface area (Å²) in [4.78, 5) is 2.51. The lowest BCUT2D eigenvalue weighted by atomic mass is 9.84. The number of aliphatic hydroxyl groups excluding tert-OH is 1. The van der Waals surface area contributed by atoms with Gasteiger partial charge in [-0.25, -0.2) is 0 Å². The van der Waals surface area contributed by atoms with Crippen molar-refractivity contribution in [1.82, 2.24) is 4.90 Å². The Morgan fingerprint density at radius 3 is 2.47 bits per heavy atom. The van der Waals surface area contributed by atoms with Crippen LogP contribution in [0.1, 0.15) is 40.0 Å². The standard InChI is InChI=1S/C14H28N2O/c1-10-6-11(2)12(3)16(7-10)8-14(15,9-17)13-4-5-13/h10-13,17H,4-9,15H2,1-3H3. The van der Waals surface area contributed by atoms with Crippen molar-refractivity contribution in [2.75, 3.05) is 19.7 Å². The van der Waals surface area contributed by atoms with E-state index in [0.717, 1.165) is 24.9 Å². The van der Waals surface area contributed by atoms with Gasteiger partial charge in [0, 0.05) is 19.1 Å². The zero-order chi connectivity index (χ0) is 12.6. The molecule has 1 saturated carbocycles. The predicted octanol–water partition coefficient (Wildman–Crippen LogP) is 1.45. The maximum Gasteiger partial charge on any atom is 0.0626 e. The van der Waals surface area contributed by atoms with Gasteiger partial charge in [-0.15, -0.1) is 0 Å². The predicted molar refractivity (Wildman–Crippen MR) is 70.7 cm³/mol. The third-order valence-corrected chi connectivity index (χ3v) is 4.90. The lowest BCUT2D eigenvalue weighted by molar-refractivity contribution is 0.0368. The minimum Gasteiger partial charge on any atom is -0.394 e. The fourth-order valence-electron chi connectivity index (χ4n) is 3.39. The van der Waals surface area contributed by atoms with Crippen molar-refractivity contribution >= 4 is 0 Å². The summed E-state index contributed by atoms with van der Waals surface area (Å²) >= 11 is 0. The highest BCUT2D eigenvalue weighted by Gasteiger charge is 2.44. The van der Waals surface area contributed by atoms with E-state index < -0.39 is 0 Å². The Morgan fingerprint density at radius 1 is 1.29 bits per heavy atom. The number of nitrogens with zero attached hydrogens (tertiary/aromatic N) is 1. The molecule has 0 aromatic rings. The van der Waals surface area contributed by atoms with Crippen molar-refractivity contribution in [3.63, 3.8) is 0 Å². The Bertz CT molecular complexity index is 267. The minimum atomic E-state index is -0.356. The Balaban J connectivity index is 2.00. The Morgan fingerprint density at radius 2 is 1.94 bits per heavy atom. The summed E-state index contributed by atoms with van der Waals surface area (Å²) in [5, 5.41) is 9.59. The molecule has 0 aromatic heterocycles. The molecular weight excluding hydrogens is 212 g/mol. The molecule has 3 nitrogen and oxygen atoms in total. The third-order valence-electron chi connectivity index (χ3n) is 4.90. The van der Waals surface area contributed by atoms with Crippen LogP contribution >= 0.6 is 0 Å². The molecule has 4 atom stereocenters. The summed E-state index contributed by atoms with van der Waals surface area (Å²) in [6.07, 6.45) is 3.71. The number of piperidine rings is 1. The van der Waals surface area contributed by atoms with E-state index >= 15 is 0 Å². The van der Waals surface area contributed by atoms with Gasteiger partial charge in [-0.05, 0) is 43.9 Å². The van der Waals surface area contributed by atoms with E-state index in [2.05, 4.69) is 25.7 Å². The molecule has 2 rings (SSSR count). The number of nitrogens with two attached hydrogens (primary N) is 1. The number of hydrogen-bond acceptors (Lipinski definition) is 3. The second-order valence-electron chi connectivity index (χ2n) is 6.65. The monoisotopic (exact) mass is 240 g/mol. The molecule has 1 heterocycles. The van der Waals surface area contributed by atoms with E-state index in [1.54, 1.807) is 0 Å². The Hall–Kier alpha value is -0.120. The van der Waals surface area contributed by atoms with Crippen LogP contribution in [0.25, 0.3) is 0 Å². The van der Waals surface area contributed by atoms with Crippen LogP contribution in [-0.4, -0.2) is 41.3 Å². The molecule has 17 heavy (non-hydrogen) atoms. The average Bonchev–Trinajstić information content (AvgIpc) is 3.09. The van der Waals surface area contributed by atoms with E-state index in [-0.39, 0.29) is 12.1 Å². The zero-order valence-electron chi connectivity index (χ0n) is 11.5. The molecule has 100 valence electrons. The fraction of sp³-hybridized carbons (Fsp3) is 1.00. The molecule has 1 saturated heterocycles. The van der Waals surface area contributed by atoms with Crippen LogP contribution in [0, 0.1) is 17.8 Å². The maximum absolute atomic E-state index is 9.59. The summed E-state index contributed by atoms with van der Waals surface area (Å²) in [5.74, 6) is 2.04. The first-order valence-corrected chi connectivity index (χ1v) is 7.10. The summed E-state index contributed by atoms with van der Waals surface area (Å²) in [7, 11) is 0. The Labute approximate surface area is 105 Å². The van der Waals surface area contributed by atoms with Crippen LogP contribution in [0.2, 0.25) is 0 Å². The van der Waals surface area contributed by atoms with E-state index in [0.29, 0.717) is 12.0 Å². The summed E-state index contributed by atoms with van der Waals surface area (Å²) in [6, 6.07) is 0.597. The van der Waals surface area contributed by atoms with Crippen molar-refractivity contribution in [3.8, 4) is 0 Å². The average molecular weight is 240 g/mol. The zero-order valence-corrected chi connectivity index (χ0v) is 11.5. The number of hydrogen-bond donors (Lipinski definition) is 2. The molecule has 1 aliphatic heterocycles. The number of rotatable bonds is 4. The van der Waals surface area contributed by atoms with Gasteiger partial charge in [0.15, 0.2) is 0 Å². The van der Waals surface area contributed by atoms with Crippen molar-refractivity contribution in [1.29, 1.82) is 0 Å².